The Labute approximate surface area is 107 Å². The topological polar surface area (TPSA) is 66.4 Å². The number of hydrogen-bond acceptors (Lipinski definition) is 2. The quantitative estimate of drug-likeness (QED) is 0.855. The average Bonchev–Trinajstić information content (AvgIpc) is 2.22. The number of amides is 1. The van der Waals surface area contributed by atoms with Gasteiger partial charge in [-0.1, -0.05) is 18.2 Å². The smallest absolute Gasteiger partial charge is 0.328 e. The first-order chi connectivity index (χ1) is 8.24. The van der Waals surface area contributed by atoms with Crippen molar-refractivity contribution in [3.63, 3.8) is 0 Å². The molecule has 4 nitrogen and oxygen atoms in total. The van der Waals surface area contributed by atoms with Gasteiger partial charge in [-0.3, -0.25) is 4.79 Å². The van der Waals surface area contributed by atoms with E-state index in [1.54, 1.807) is 0 Å². The summed E-state index contributed by atoms with van der Waals surface area (Å²) in [5.41, 5.74) is 1.79. The van der Waals surface area contributed by atoms with E-state index >= 15 is 0 Å². The number of aryl methyl sites for hydroxylation is 2. The number of benzene rings is 1. The van der Waals surface area contributed by atoms with Crippen molar-refractivity contribution in [1.29, 1.82) is 0 Å². The van der Waals surface area contributed by atoms with Gasteiger partial charge in [0.15, 0.2) is 0 Å². The van der Waals surface area contributed by atoms with Crippen LogP contribution in [0.25, 0.3) is 0 Å². The largest absolute Gasteiger partial charge is 0.480 e. The van der Waals surface area contributed by atoms with Crippen molar-refractivity contribution in [2.24, 2.45) is 0 Å². The maximum Gasteiger partial charge on any atom is 0.328 e. The molecule has 0 heterocycles. The summed E-state index contributed by atoms with van der Waals surface area (Å²) in [6.07, 6.45) is 0.204. The lowest BCUT2D eigenvalue weighted by molar-refractivity contribution is -0.145. The molecule has 1 rings (SSSR count). The van der Waals surface area contributed by atoms with Crippen LogP contribution in [0.3, 0.4) is 0 Å². The Kier molecular flexibility index (Phi) is 4.11. The van der Waals surface area contributed by atoms with Gasteiger partial charge in [-0.05, 0) is 44.4 Å². The van der Waals surface area contributed by atoms with Crippen LogP contribution in [0, 0.1) is 13.8 Å². The van der Waals surface area contributed by atoms with Crippen LogP contribution < -0.4 is 5.32 Å². The van der Waals surface area contributed by atoms with Crippen molar-refractivity contribution in [1.82, 2.24) is 5.32 Å². The minimum Gasteiger partial charge on any atom is -0.480 e. The molecule has 0 saturated heterocycles. The summed E-state index contributed by atoms with van der Waals surface area (Å²) in [5.74, 6) is -1.32. The molecular weight excluding hydrogens is 230 g/mol. The number of carbonyl (C=O) groups excluding carboxylic acids is 1. The van der Waals surface area contributed by atoms with E-state index in [4.69, 9.17) is 5.11 Å². The lowest BCUT2D eigenvalue weighted by Crippen LogP contribution is -2.50. The molecule has 0 radical (unpaired) electrons. The normalized spacial score (nSPS) is 11.1. The highest BCUT2D eigenvalue weighted by Gasteiger charge is 2.28. The Hall–Kier alpha value is -1.84. The molecule has 0 aliphatic carbocycles. The maximum atomic E-state index is 11.9. The van der Waals surface area contributed by atoms with Gasteiger partial charge in [0.25, 0.3) is 0 Å². The van der Waals surface area contributed by atoms with Crippen molar-refractivity contribution < 1.29 is 14.7 Å². The molecule has 2 N–H and O–H groups in total. The highest BCUT2D eigenvalue weighted by Crippen LogP contribution is 2.14. The number of hydrogen-bond donors (Lipinski definition) is 2. The van der Waals surface area contributed by atoms with E-state index in [9.17, 15) is 9.59 Å². The molecule has 0 aromatic heterocycles. The standard InChI is InChI=1S/C14H19NO3/c1-9-6-5-7-10(2)11(9)8-12(16)15-14(3,4)13(17)18/h5-7H,8H2,1-4H3,(H,15,16)(H,17,18). The van der Waals surface area contributed by atoms with Crippen molar-refractivity contribution in [3.05, 3.63) is 34.9 Å². The zero-order valence-electron chi connectivity index (χ0n) is 11.2. The minimum absolute atomic E-state index is 0.204. The second-order valence-electron chi connectivity index (χ2n) is 5.03. The molecule has 0 aliphatic rings. The van der Waals surface area contributed by atoms with E-state index in [1.165, 1.54) is 13.8 Å². The van der Waals surface area contributed by atoms with E-state index in [2.05, 4.69) is 5.32 Å². The highest BCUT2D eigenvalue weighted by atomic mass is 16.4. The number of nitrogens with one attached hydrogen (secondary N) is 1. The summed E-state index contributed by atoms with van der Waals surface area (Å²) in [5, 5.41) is 11.5. The van der Waals surface area contributed by atoms with Crippen molar-refractivity contribution in [2.75, 3.05) is 0 Å². The van der Waals surface area contributed by atoms with E-state index in [-0.39, 0.29) is 12.3 Å². The molecule has 0 bridgehead atoms. The Bertz CT molecular complexity index is 458. The predicted octanol–water partition coefficient (Wildman–Crippen LogP) is 1.83. The second kappa shape index (κ2) is 5.21. The van der Waals surface area contributed by atoms with Crippen LogP contribution in [0.4, 0.5) is 0 Å². The summed E-state index contributed by atoms with van der Waals surface area (Å²) in [6, 6.07) is 5.82. The number of carboxylic acids is 1. The third-order valence-electron chi connectivity index (χ3n) is 2.97. The van der Waals surface area contributed by atoms with Crippen LogP contribution in [0.5, 0.6) is 0 Å². The zero-order valence-corrected chi connectivity index (χ0v) is 11.2. The molecule has 1 aromatic rings. The Morgan fingerprint density at radius 2 is 1.72 bits per heavy atom. The fraction of sp³-hybridized carbons (Fsp3) is 0.429. The summed E-state index contributed by atoms with van der Waals surface area (Å²) in [6.45, 7) is 6.83. The number of rotatable bonds is 4. The first kappa shape index (κ1) is 14.2. The summed E-state index contributed by atoms with van der Waals surface area (Å²) >= 11 is 0. The molecule has 0 spiro atoms. The van der Waals surface area contributed by atoms with Gasteiger partial charge in [0.1, 0.15) is 5.54 Å². The van der Waals surface area contributed by atoms with Crippen molar-refractivity contribution >= 4 is 11.9 Å². The van der Waals surface area contributed by atoms with Crippen LogP contribution in [0.2, 0.25) is 0 Å². The zero-order chi connectivity index (χ0) is 13.9. The van der Waals surface area contributed by atoms with E-state index in [0.29, 0.717) is 0 Å². The fourth-order valence-corrected chi connectivity index (χ4v) is 1.73. The number of carbonyl (C=O) groups is 2. The predicted molar refractivity (Wildman–Crippen MR) is 69.5 cm³/mol. The third kappa shape index (κ3) is 3.32. The molecule has 0 aliphatic heterocycles. The van der Waals surface area contributed by atoms with Crippen LogP contribution in [-0.2, 0) is 16.0 Å². The summed E-state index contributed by atoms with van der Waals surface area (Å²) in [7, 11) is 0. The first-order valence-corrected chi connectivity index (χ1v) is 5.83. The molecule has 1 aromatic carbocycles. The van der Waals surface area contributed by atoms with Crippen LogP contribution in [0.15, 0.2) is 18.2 Å². The molecule has 1 amide bonds. The second-order valence-corrected chi connectivity index (χ2v) is 5.03. The van der Waals surface area contributed by atoms with E-state index < -0.39 is 11.5 Å². The van der Waals surface area contributed by atoms with Gasteiger partial charge < -0.3 is 10.4 Å². The van der Waals surface area contributed by atoms with Gasteiger partial charge in [-0.15, -0.1) is 0 Å². The Morgan fingerprint density at radius 1 is 1.22 bits per heavy atom. The van der Waals surface area contributed by atoms with E-state index in [0.717, 1.165) is 16.7 Å². The molecule has 4 heteroatoms. The van der Waals surface area contributed by atoms with Crippen molar-refractivity contribution in [3.8, 4) is 0 Å². The third-order valence-corrected chi connectivity index (χ3v) is 2.97. The van der Waals surface area contributed by atoms with Crippen LogP contribution in [0.1, 0.15) is 30.5 Å². The van der Waals surface area contributed by atoms with Crippen LogP contribution >= 0.6 is 0 Å². The summed E-state index contributed by atoms with van der Waals surface area (Å²) < 4.78 is 0. The van der Waals surface area contributed by atoms with Gasteiger partial charge in [0.05, 0.1) is 6.42 Å². The monoisotopic (exact) mass is 249 g/mol. The lowest BCUT2D eigenvalue weighted by atomic mass is 9.99. The Balaban J connectivity index is 2.80. The molecule has 0 saturated carbocycles. The highest BCUT2D eigenvalue weighted by molar-refractivity contribution is 5.87. The van der Waals surface area contributed by atoms with Crippen molar-refractivity contribution in [2.45, 2.75) is 39.7 Å². The van der Waals surface area contributed by atoms with Gasteiger partial charge in [0, 0.05) is 0 Å². The van der Waals surface area contributed by atoms with Gasteiger partial charge in [-0.25, -0.2) is 4.79 Å². The first-order valence-electron chi connectivity index (χ1n) is 5.83. The van der Waals surface area contributed by atoms with E-state index in [1.807, 2.05) is 32.0 Å². The molecule has 0 unspecified atom stereocenters. The average molecular weight is 249 g/mol. The minimum atomic E-state index is -1.24. The lowest BCUT2D eigenvalue weighted by Gasteiger charge is -2.21. The van der Waals surface area contributed by atoms with Gasteiger partial charge in [0.2, 0.25) is 5.91 Å². The molecule has 18 heavy (non-hydrogen) atoms. The molecular formula is C14H19NO3. The number of carboxylic acid groups (broad SMARTS) is 1. The Morgan fingerprint density at radius 3 is 2.17 bits per heavy atom. The summed E-state index contributed by atoms with van der Waals surface area (Å²) in [4.78, 5) is 22.8. The molecule has 98 valence electrons. The van der Waals surface area contributed by atoms with Crippen LogP contribution in [-0.4, -0.2) is 22.5 Å². The molecule has 0 fully saturated rings. The number of aliphatic carboxylic acids is 1. The molecule has 0 atom stereocenters. The van der Waals surface area contributed by atoms with Gasteiger partial charge in [-0.2, -0.15) is 0 Å². The SMILES string of the molecule is Cc1cccc(C)c1CC(=O)NC(C)(C)C(=O)O. The van der Waals surface area contributed by atoms with Gasteiger partial charge >= 0.3 is 5.97 Å². The maximum absolute atomic E-state index is 11.9. The fourth-order valence-electron chi connectivity index (χ4n) is 1.73.